The number of rotatable bonds is 5. The Morgan fingerprint density at radius 1 is 0.795 bits per heavy atom. The van der Waals surface area contributed by atoms with Gasteiger partial charge in [0.2, 0.25) is 0 Å². The maximum absolute atomic E-state index is 13.9. The molecule has 2 aromatic heterocycles. The van der Waals surface area contributed by atoms with Gasteiger partial charge in [-0.3, -0.25) is 19.5 Å². The first-order chi connectivity index (χ1) is 19.0. The third-order valence-electron chi connectivity index (χ3n) is 6.45. The molecule has 0 saturated heterocycles. The summed E-state index contributed by atoms with van der Waals surface area (Å²) < 4.78 is 1.64. The van der Waals surface area contributed by atoms with E-state index in [1.165, 1.54) is 11.3 Å². The molecule has 0 fully saturated rings. The number of hydrogen-bond donors (Lipinski definition) is 1. The van der Waals surface area contributed by atoms with Crippen LogP contribution < -0.4 is 10.9 Å². The number of nitrogens with zero attached hydrogens (tertiary/aromatic N) is 3. The zero-order valence-electron chi connectivity index (χ0n) is 21.4. The predicted molar refractivity (Wildman–Crippen MR) is 158 cm³/mol. The van der Waals surface area contributed by atoms with E-state index in [0.29, 0.717) is 43.7 Å². The van der Waals surface area contributed by atoms with Crippen molar-refractivity contribution in [1.82, 2.24) is 14.5 Å². The number of benzene rings is 4. The Kier molecular flexibility index (Phi) is 6.34. The maximum atomic E-state index is 13.9. The highest BCUT2D eigenvalue weighted by atomic mass is 32.1. The van der Waals surface area contributed by atoms with Crippen LogP contribution in [0.1, 0.15) is 21.5 Å². The molecule has 0 spiro atoms. The minimum Gasteiger partial charge on any atom is -0.298 e. The first kappa shape index (κ1) is 24.5. The Morgan fingerprint density at radius 2 is 1.54 bits per heavy atom. The highest BCUT2D eigenvalue weighted by molar-refractivity contribution is 7.19. The first-order valence-corrected chi connectivity index (χ1v) is 13.3. The zero-order valence-corrected chi connectivity index (χ0v) is 22.2. The number of aryl methyl sites for hydroxylation is 2. The summed E-state index contributed by atoms with van der Waals surface area (Å²) in [6, 6.07) is 32.2. The Hall–Kier alpha value is -4.88. The number of aromatic nitrogens is 3. The van der Waals surface area contributed by atoms with Crippen LogP contribution in [0.4, 0.5) is 5.13 Å². The summed E-state index contributed by atoms with van der Waals surface area (Å²) in [5, 5.41) is 3.90. The van der Waals surface area contributed by atoms with E-state index in [4.69, 9.17) is 9.97 Å². The van der Waals surface area contributed by atoms with E-state index in [1.807, 2.05) is 98.8 Å². The highest BCUT2D eigenvalue weighted by Gasteiger charge is 2.23. The zero-order chi connectivity index (χ0) is 26.9. The molecular weight excluding hydrogens is 504 g/mol. The van der Waals surface area contributed by atoms with Crippen molar-refractivity contribution in [1.29, 1.82) is 0 Å². The molecule has 0 unspecified atom stereocenters. The lowest BCUT2D eigenvalue weighted by Gasteiger charge is -2.14. The lowest BCUT2D eigenvalue weighted by Crippen LogP contribution is -2.22. The molecule has 6 nitrogen and oxygen atoms in total. The number of fused-ring (bicyclic) bond motifs is 1. The van der Waals surface area contributed by atoms with Crippen LogP contribution in [0, 0.1) is 13.8 Å². The first-order valence-electron chi connectivity index (χ1n) is 12.5. The molecule has 0 saturated carbocycles. The molecule has 0 aliphatic rings. The van der Waals surface area contributed by atoms with E-state index in [9.17, 15) is 9.59 Å². The number of thiazole rings is 1. The fraction of sp³-hybridized carbons (Fsp3) is 0.0625. The Labute approximate surface area is 229 Å². The van der Waals surface area contributed by atoms with E-state index < -0.39 is 0 Å². The van der Waals surface area contributed by atoms with Gasteiger partial charge in [0.05, 0.1) is 22.3 Å². The van der Waals surface area contributed by atoms with Crippen LogP contribution >= 0.6 is 11.3 Å². The molecule has 1 N–H and O–H groups in total. The molecule has 6 rings (SSSR count). The van der Waals surface area contributed by atoms with Gasteiger partial charge in [-0.15, -0.1) is 0 Å². The number of para-hydroxylation sites is 1. The molecule has 1 amide bonds. The van der Waals surface area contributed by atoms with Crippen LogP contribution in [0.25, 0.3) is 38.5 Å². The van der Waals surface area contributed by atoms with Gasteiger partial charge in [-0.2, -0.15) is 0 Å². The van der Waals surface area contributed by atoms with Crippen LogP contribution in [0.2, 0.25) is 0 Å². The van der Waals surface area contributed by atoms with E-state index in [2.05, 4.69) is 5.32 Å². The second-order valence-corrected chi connectivity index (χ2v) is 10.3. The number of amides is 1. The Bertz CT molecular complexity index is 1890. The SMILES string of the molecule is Cc1ccc(C(=O)Nc2nc(-c3ccccc3)c(-c3nc4ccccc4c(=O)n3-c3cccc(C)c3)s2)cc1. The molecule has 0 atom stereocenters. The van der Waals surface area contributed by atoms with Gasteiger partial charge in [0, 0.05) is 11.1 Å². The number of nitrogens with one attached hydrogen (secondary N) is 1. The van der Waals surface area contributed by atoms with Gasteiger partial charge >= 0.3 is 0 Å². The van der Waals surface area contributed by atoms with Crippen molar-refractivity contribution in [2.45, 2.75) is 13.8 Å². The third kappa shape index (κ3) is 4.76. The summed E-state index contributed by atoms with van der Waals surface area (Å²) >= 11 is 1.30. The molecule has 0 bridgehead atoms. The average Bonchev–Trinajstić information content (AvgIpc) is 3.37. The van der Waals surface area contributed by atoms with Crippen molar-refractivity contribution < 1.29 is 4.79 Å². The summed E-state index contributed by atoms with van der Waals surface area (Å²) in [5.74, 6) is 0.217. The Balaban J connectivity index is 1.58. The van der Waals surface area contributed by atoms with Crippen molar-refractivity contribution in [3.05, 3.63) is 130 Å². The van der Waals surface area contributed by atoms with Crippen molar-refractivity contribution in [3.63, 3.8) is 0 Å². The van der Waals surface area contributed by atoms with Crippen molar-refractivity contribution in [2.24, 2.45) is 0 Å². The van der Waals surface area contributed by atoms with Gasteiger partial charge in [0.25, 0.3) is 11.5 Å². The fourth-order valence-corrected chi connectivity index (χ4v) is 5.45. The lowest BCUT2D eigenvalue weighted by molar-refractivity contribution is 0.102. The molecular formula is C32H24N4O2S. The fourth-order valence-electron chi connectivity index (χ4n) is 4.48. The summed E-state index contributed by atoms with van der Waals surface area (Å²) in [6.45, 7) is 3.97. The van der Waals surface area contributed by atoms with Crippen molar-refractivity contribution >= 4 is 33.3 Å². The maximum Gasteiger partial charge on any atom is 0.266 e. The summed E-state index contributed by atoms with van der Waals surface area (Å²) in [7, 11) is 0. The van der Waals surface area contributed by atoms with Crippen molar-refractivity contribution in [3.8, 4) is 27.6 Å². The average molecular weight is 529 g/mol. The van der Waals surface area contributed by atoms with Gasteiger partial charge in [-0.05, 0) is 55.8 Å². The quantitative estimate of drug-likeness (QED) is 0.260. The van der Waals surface area contributed by atoms with Gasteiger partial charge in [-0.25, -0.2) is 9.97 Å². The van der Waals surface area contributed by atoms with E-state index >= 15 is 0 Å². The predicted octanol–water partition coefficient (Wildman–Crippen LogP) is 7.05. The molecule has 6 aromatic rings. The molecule has 0 aliphatic heterocycles. The minimum absolute atomic E-state index is 0.168. The van der Waals surface area contributed by atoms with Gasteiger partial charge in [0.1, 0.15) is 4.88 Å². The lowest BCUT2D eigenvalue weighted by atomic mass is 10.1. The number of carbonyl (C=O) groups is 1. The van der Waals surface area contributed by atoms with Crippen LogP contribution in [-0.4, -0.2) is 20.4 Å². The van der Waals surface area contributed by atoms with Gasteiger partial charge in [0.15, 0.2) is 11.0 Å². The molecule has 7 heteroatoms. The summed E-state index contributed by atoms with van der Waals surface area (Å²) in [4.78, 5) is 37.5. The second-order valence-electron chi connectivity index (χ2n) is 9.32. The largest absolute Gasteiger partial charge is 0.298 e. The van der Waals surface area contributed by atoms with E-state index in [1.54, 1.807) is 22.8 Å². The summed E-state index contributed by atoms with van der Waals surface area (Å²) in [5.41, 5.74) is 5.28. The standard InChI is InChI=1S/C32H24N4O2S/c1-20-15-17-23(18-16-20)30(37)35-32-34-27(22-10-4-3-5-11-22)28(39-32)29-33-26-14-7-6-13-25(26)31(38)36(29)24-12-8-9-21(2)19-24/h3-19H,1-2H3,(H,34,35,37). The highest BCUT2D eigenvalue weighted by Crippen LogP contribution is 2.39. The molecule has 190 valence electrons. The third-order valence-corrected chi connectivity index (χ3v) is 7.41. The van der Waals surface area contributed by atoms with Crippen LogP contribution in [0.15, 0.2) is 108 Å². The number of anilines is 1. The monoisotopic (exact) mass is 528 g/mol. The van der Waals surface area contributed by atoms with Gasteiger partial charge in [-0.1, -0.05) is 83.6 Å². The van der Waals surface area contributed by atoms with Crippen molar-refractivity contribution in [2.75, 3.05) is 5.32 Å². The van der Waals surface area contributed by atoms with Crippen LogP contribution in [0.5, 0.6) is 0 Å². The normalized spacial score (nSPS) is 11.0. The molecule has 2 heterocycles. The number of hydrogen-bond acceptors (Lipinski definition) is 5. The molecule has 39 heavy (non-hydrogen) atoms. The number of carbonyl (C=O) groups excluding carboxylic acids is 1. The molecule has 0 aliphatic carbocycles. The Morgan fingerprint density at radius 3 is 2.31 bits per heavy atom. The van der Waals surface area contributed by atoms with Crippen LogP contribution in [0.3, 0.4) is 0 Å². The second kappa shape index (κ2) is 10.1. The minimum atomic E-state index is -0.252. The van der Waals surface area contributed by atoms with E-state index in [0.717, 1.165) is 16.7 Å². The smallest absolute Gasteiger partial charge is 0.266 e. The topological polar surface area (TPSA) is 76.9 Å². The van der Waals surface area contributed by atoms with E-state index in [-0.39, 0.29) is 11.5 Å². The molecule has 0 radical (unpaired) electrons. The molecule has 4 aromatic carbocycles. The van der Waals surface area contributed by atoms with Crippen LogP contribution in [-0.2, 0) is 0 Å². The summed E-state index contributed by atoms with van der Waals surface area (Å²) in [6.07, 6.45) is 0. The van der Waals surface area contributed by atoms with Gasteiger partial charge < -0.3 is 0 Å².